The first-order valence-electron chi connectivity index (χ1n) is 7.65. The zero-order valence-electron chi connectivity index (χ0n) is 14.0. The molecule has 0 fully saturated rings. The van der Waals surface area contributed by atoms with Gasteiger partial charge in [-0.15, -0.1) is 11.3 Å². The van der Waals surface area contributed by atoms with Gasteiger partial charge in [0.2, 0.25) is 0 Å². The molecule has 24 heavy (non-hydrogen) atoms. The Morgan fingerprint density at radius 2 is 1.96 bits per heavy atom. The highest BCUT2D eigenvalue weighted by molar-refractivity contribution is 7.11. The Morgan fingerprint density at radius 3 is 2.62 bits per heavy atom. The molecule has 1 atom stereocenters. The molecule has 0 bridgehead atoms. The van der Waals surface area contributed by atoms with Gasteiger partial charge in [-0.2, -0.15) is 0 Å². The number of amides is 1. The quantitative estimate of drug-likeness (QED) is 0.713. The van der Waals surface area contributed by atoms with Crippen LogP contribution in [-0.4, -0.2) is 27.8 Å². The average molecular weight is 343 g/mol. The number of nitrogens with zero attached hydrogens (tertiary/aromatic N) is 3. The van der Waals surface area contributed by atoms with Crippen molar-refractivity contribution in [1.29, 1.82) is 0 Å². The molecule has 0 spiro atoms. The van der Waals surface area contributed by atoms with Crippen molar-refractivity contribution < 1.29 is 9.18 Å². The van der Waals surface area contributed by atoms with E-state index < -0.39 is 5.82 Å². The summed E-state index contributed by atoms with van der Waals surface area (Å²) in [4.78, 5) is 24.2. The first-order valence-corrected chi connectivity index (χ1v) is 8.46. The molecule has 1 amide bonds. The van der Waals surface area contributed by atoms with E-state index in [2.05, 4.69) is 9.97 Å². The lowest BCUT2D eigenvalue weighted by atomic mass is 10.1. The number of thiazole rings is 1. The lowest BCUT2D eigenvalue weighted by Crippen LogP contribution is -2.30. The van der Waals surface area contributed by atoms with Crippen molar-refractivity contribution in [2.75, 3.05) is 7.05 Å². The predicted molar refractivity (Wildman–Crippen MR) is 93.8 cm³/mol. The predicted octanol–water partition coefficient (Wildman–Crippen LogP) is 4.28. The fraction of sp³-hybridized carbons (Fsp3) is 0.278. The van der Waals surface area contributed by atoms with Crippen molar-refractivity contribution in [1.82, 2.24) is 14.9 Å². The summed E-state index contributed by atoms with van der Waals surface area (Å²) in [5, 5.41) is 1.65. The van der Waals surface area contributed by atoms with Crippen LogP contribution in [-0.2, 0) is 0 Å². The van der Waals surface area contributed by atoms with Crippen molar-refractivity contribution in [3.8, 4) is 0 Å². The zero-order valence-corrected chi connectivity index (χ0v) is 14.8. The van der Waals surface area contributed by atoms with Crippen molar-refractivity contribution >= 4 is 28.1 Å². The third kappa shape index (κ3) is 2.89. The Labute approximate surface area is 144 Å². The van der Waals surface area contributed by atoms with E-state index in [0.29, 0.717) is 5.39 Å². The van der Waals surface area contributed by atoms with Crippen molar-refractivity contribution in [2.45, 2.75) is 26.8 Å². The number of pyridine rings is 1. The molecule has 6 heteroatoms. The van der Waals surface area contributed by atoms with Crippen LogP contribution in [0, 0.1) is 19.7 Å². The van der Waals surface area contributed by atoms with Crippen LogP contribution in [0.5, 0.6) is 0 Å². The highest BCUT2D eigenvalue weighted by atomic mass is 32.1. The van der Waals surface area contributed by atoms with Gasteiger partial charge in [0, 0.05) is 17.3 Å². The molecule has 1 unspecified atom stereocenters. The molecule has 3 aromatic rings. The number of hydrogen-bond acceptors (Lipinski definition) is 4. The first-order chi connectivity index (χ1) is 11.4. The van der Waals surface area contributed by atoms with E-state index in [1.54, 1.807) is 47.5 Å². The summed E-state index contributed by atoms with van der Waals surface area (Å²) in [6.07, 6.45) is 0. The maximum absolute atomic E-state index is 13.9. The van der Waals surface area contributed by atoms with Gasteiger partial charge in [0.15, 0.2) is 0 Å². The van der Waals surface area contributed by atoms with E-state index in [1.807, 2.05) is 20.8 Å². The van der Waals surface area contributed by atoms with Crippen LogP contribution < -0.4 is 0 Å². The Kier molecular flexibility index (Phi) is 4.32. The smallest absolute Gasteiger partial charge is 0.272 e. The fourth-order valence-electron chi connectivity index (χ4n) is 2.70. The molecule has 0 aliphatic carbocycles. The number of hydrogen-bond donors (Lipinski definition) is 0. The molecule has 0 N–H and O–H groups in total. The van der Waals surface area contributed by atoms with Gasteiger partial charge in [0.25, 0.3) is 5.91 Å². The van der Waals surface area contributed by atoms with Crippen LogP contribution in [0.15, 0.2) is 30.3 Å². The maximum Gasteiger partial charge on any atom is 0.272 e. The zero-order chi connectivity index (χ0) is 17.4. The normalized spacial score (nSPS) is 12.4. The summed E-state index contributed by atoms with van der Waals surface area (Å²) in [7, 11) is 1.72. The summed E-state index contributed by atoms with van der Waals surface area (Å²) in [5.74, 6) is -0.679. The summed E-state index contributed by atoms with van der Waals surface area (Å²) in [6.45, 7) is 5.88. The average Bonchev–Trinajstić information content (AvgIpc) is 2.91. The van der Waals surface area contributed by atoms with Crippen LogP contribution in [0.25, 0.3) is 10.9 Å². The molecule has 2 aromatic heterocycles. The van der Waals surface area contributed by atoms with Crippen LogP contribution in [0.1, 0.15) is 39.0 Å². The van der Waals surface area contributed by atoms with E-state index in [4.69, 9.17) is 0 Å². The third-order valence-corrected chi connectivity index (χ3v) is 5.03. The van der Waals surface area contributed by atoms with Crippen LogP contribution >= 0.6 is 11.3 Å². The number of aryl methyl sites for hydroxylation is 2. The molecule has 1 aromatic carbocycles. The minimum atomic E-state index is -0.427. The van der Waals surface area contributed by atoms with Crippen LogP contribution in [0.2, 0.25) is 0 Å². The molecule has 3 rings (SSSR count). The number of carbonyl (C=O) groups is 1. The Balaban J connectivity index is 1.93. The Bertz CT molecular complexity index is 922. The van der Waals surface area contributed by atoms with E-state index in [1.165, 1.54) is 6.07 Å². The van der Waals surface area contributed by atoms with Crippen LogP contribution in [0.3, 0.4) is 0 Å². The van der Waals surface area contributed by atoms with Crippen molar-refractivity contribution in [3.05, 3.63) is 57.4 Å². The third-order valence-electron chi connectivity index (χ3n) is 4.13. The molecule has 0 saturated carbocycles. The van der Waals surface area contributed by atoms with E-state index in [0.717, 1.165) is 15.6 Å². The highest BCUT2D eigenvalue weighted by Gasteiger charge is 2.23. The number of carbonyl (C=O) groups excluding carboxylic acids is 1. The SMILES string of the molecule is Cc1nc(C(C)N(C)C(=O)c2ccc3cccc(F)c3n2)c(C)s1. The number of benzene rings is 1. The minimum Gasteiger partial charge on any atom is -0.332 e. The molecular formula is C18H18FN3OS. The molecule has 124 valence electrons. The second kappa shape index (κ2) is 6.28. The Morgan fingerprint density at radius 1 is 1.21 bits per heavy atom. The number of para-hydroxylation sites is 1. The Hall–Kier alpha value is -2.34. The fourth-order valence-corrected chi connectivity index (χ4v) is 3.61. The second-order valence-corrected chi connectivity index (χ2v) is 7.18. The van der Waals surface area contributed by atoms with Gasteiger partial charge in [0.1, 0.15) is 17.0 Å². The molecule has 0 radical (unpaired) electrons. The number of fused-ring (bicyclic) bond motifs is 1. The van der Waals surface area contributed by atoms with Gasteiger partial charge in [-0.1, -0.05) is 18.2 Å². The molecule has 0 saturated heterocycles. The number of aromatic nitrogens is 2. The van der Waals surface area contributed by atoms with E-state index >= 15 is 0 Å². The van der Waals surface area contributed by atoms with Gasteiger partial charge in [-0.25, -0.2) is 14.4 Å². The molecule has 0 aliphatic rings. The lowest BCUT2D eigenvalue weighted by Gasteiger charge is -2.24. The number of halogens is 1. The summed E-state index contributed by atoms with van der Waals surface area (Å²) < 4.78 is 13.9. The largest absolute Gasteiger partial charge is 0.332 e. The van der Waals surface area contributed by atoms with Gasteiger partial charge in [-0.3, -0.25) is 4.79 Å². The second-order valence-electron chi connectivity index (χ2n) is 5.77. The van der Waals surface area contributed by atoms with Gasteiger partial charge >= 0.3 is 0 Å². The topological polar surface area (TPSA) is 46.1 Å². The van der Waals surface area contributed by atoms with Gasteiger partial charge in [0.05, 0.1) is 16.7 Å². The summed E-state index contributed by atoms with van der Waals surface area (Å²) in [5.41, 5.74) is 1.33. The van der Waals surface area contributed by atoms with Crippen molar-refractivity contribution in [2.24, 2.45) is 0 Å². The standard InChI is InChI=1S/C18H18FN3OS/c1-10(16-11(2)24-12(3)20-16)22(4)18(23)15-9-8-13-6-5-7-14(19)17(13)21-15/h5-10H,1-4H3. The van der Waals surface area contributed by atoms with Crippen molar-refractivity contribution in [3.63, 3.8) is 0 Å². The monoisotopic (exact) mass is 343 g/mol. The van der Waals surface area contributed by atoms with E-state index in [-0.39, 0.29) is 23.2 Å². The van der Waals surface area contributed by atoms with Gasteiger partial charge in [-0.05, 0) is 32.9 Å². The molecule has 4 nitrogen and oxygen atoms in total. The molecule has 2 heterocycles. The summed E-state index contributed by atoms with van der Waals surface area (Å²) in [6, 6.07) is 7.91. The highest BCUT2D eigenvalue weighted by Crippen LogP contribution is 2.27. The number of rotatable bonds is 3. The molecule has 0 aliphatic heterocycles. The van der Waals surface area contributed by atoms with Crippen LogP contribution in [0.4, 0.5) is 4.39 Å². The lowest BCUT2D eigenvalue weighted by molar-refractivity contribution is 0.0734. The summed E-state index contributed by atoms with van der Waals surface area (Å²) >= 11 is 1.61. The maximum atomic E-state index is 13.9. The minimum absolute atomic E-state index is 0.180. The molecular weight excluding hydrogens is 325 g/mol. The van der Waals surface area contributed by atoms with E-state index in [9.17, 15) is 9.18 Å². The van der Waals surface area contributed by atoms with Gasteiger partial charge < -0.3 is 4.90 Å². The first kappa shape index (κ1) is 16.5.